The number of ether oxygens (including phenoxy) is 1. The number of nitrogens with zero attached hydrogens (tertiary/aromatic N) is 2. The van der Waals surface area contributed by atoms with Gasteiger partial charge in [0.2, 0.25) is 0 Å². The minimum absolute atomic E-state index is 0.147. The number of carbonyl (C=O) groups is 2. The third-order valence-electron chi connectivity index (χ3n) is 4.09. The van der Waals surface area contributed by atoms with E-state index in [4.69, 9.17) is 4.74 Å². The Morgan fingerprint density at radius 3 is 2.92 bits per heavy atom. The third kappa shape index (κ3) is 4.52. The zero-order valence-electron chi connectivity index (χ0n) is 13.9. The van der Waals surface area contributed by atoms with Crippen LogP contribution in [0, 0.1) is 5.92 Å². The zero-order valence-corrected chi connectivity index (χ0v) is 16.3. The van der Waals surface area contributed by atoms with Gasteiger partial charge in [-0.3, -0.25) is 9.59 Å². The summed E-state index contributed by atoms with van der Waals surface area (Å²) < 4.78 is 6.12. The first-order valence-corrected chi connectivity index (χ1v) is 9.87. The lowest BCUT2D eigenvalue weighted by Crippen LogP contribution is -2.41. The fourth-order valence-electron chi connectivity index (χ4n) is 2.85. The molecule has 25 heavy (non-hydrogen) atoms. The second-order valence-corrected chi connectivity index (χ2v) is 7.82. The molecule has 1 aromatic carbocycles. The van der Waals surface area contributed by atoms with E-state index in [1.165, 1.54) is 11.8 Å². The zero-order chi connectivity index (χ0) is 17.8. The van der Waals surface area contributed by atoms with Crippen molar-refractivity contribution in [1.29, 1.82) is 0 Å². The smallest absolute Gasteiger partial charge is 0.310 e. The minimum Gasteiger partial charge on any atom is -0.466 e. The molecule has 0 aromatic heterocycles. The topological polar surface area (TPSA) is 59.0 Å². The normalized spacial score (nSPS) is 22.2. The number of thioether (sulfide) groups is 1. The van der Waals surface area contributed by atoms with E-state index < -0.39 is 0 Å². The molecule has 0 aliphatic carbocycles. The van der Waals surface area contributed by atoms with Gasteiger partial charge < -0.3 is 9.64 Å². The lowest BCUT2D eigenvalue weighted by molar-refractivity contribution is -0.149. The number of esters is 1. The largest absolute Gasteiger partial charge is 0.466 e. The molecular formula is C18H19BrN2O3S. The average molecular weight is 423 g/mol. The van der Waals surface area contributed by atoms with Gasteiger partial charge in [0, 0.05) is 17.6 Å². The first kappa shape index (κ1) is 18.2. The van der Waals surface area contributed by atoms with Gasteiger partial charge in [-0.15, -0.1) is 0 Å². The van der Waals surface area contributed by atoms with Crippen molar-refractivity contribution in [3.05, 3.63) is 39.2 Å². The summed E-state index contributed by atoms with van der Waals surface area (Å²) in [5, 5.41) is 0.683. The van der Waals surface area contributed by atoms with Crippen molar-refractivity contribution in [2.75, 3.05) is 19.7 Å². The van der Waals surface area contributed by atoms with E-state index >= 15 is 0 Å². The molecule has 1 atom stereocenters. The van der Waals surface area contributed by atoms with Crippen molar-refractivity contribution in [2.45, 2.75) is 19.8 Å². The maximum Gasteiger partial charge on any atom is 0.310 e. The van der Waals surface area contributed by atoms with Gasteiger partial charge in [0.05, 0.1) is 17.4 Å². The lowest BCUT2D eigenvalue weighted by atomic mass is 9.99. The Morgan fingerprint density at radius 1 is 1.44 bits per heavy atom. The number of aliphatic imine (C=N–C) groups is 1. The molecule has 0 radical (unpaired) electrons. The first-order valence-electron chi connectivity index (χ1n) is 8.26. The summed E-state index contributed by atoms with van der Waals surface area (Å²) in [6.07, 6.45) is 3.56. The second kappa shape index (κ2) is 8.19. The van der Waals surface area contributed by atoms with Gasteiger partial charge >= 0.3 is 5.97 Å². The Labute approximate surface area is 159 Å². The van der Waals surface area contributed by atoms with Crippen LogP contribution >= 0.6 is 27.7 Å². The van der Waals surface area contributed by atoms with E-state index in [0.29, 0.717) is 23.2 Å². The second-order valence-electron chi connectivity index (χ2n) is 5.90. The predicted molar refractivity (Wildman–Crippen MR) is 103 cm³/mol. The average Bonchev–Trinajstić information content (AvgIpc) is 2.98. The predicted octanol–water partition coefficient (Wildman–Crippen LogP) is 3.69. The van der Waals surface area contributed by atoms with Gasteiger partial charge in [-0.2, -0.15) is 4.99 Å². The van der Waals surface area contributed by atoms with E-state index in [1.54, 1.807) is 0 Å². The number of amides is 1. The third-order valence-corrected chi connectivity index (χ3v) is 5.66. The van der Waals surface area contributed by atoms with Crippen molar-refractivity contribution in [2.24, 2.45) is 10.9 Å². The van der Waals surface area contributed by atoms with Crippen LogP contribution in [-0.4, -0.2) is 41.6 Å². The van der Waals surface area contributed by atoms with Crippen LogP contribution in [0.5, 0.6) is 0 Å². The number of benzene rings is 1. The molecule has 1 unspecified atom stereocenters. The van der Waals surface area contributed by atoms with Crippen LogP contribution in [0.3, 0.4) is 0 Å². The van der Waals surface area contributed by atoms with Gasteiger partial charge in [-0.05, 0) is 55.3 Å². The summed E-state index contributed by atoms with van der Waals surface area (Å²) in [6, 6.07) is 7.76. The van der Waals surface area contributed by atoms with E-state index in [1.807, 2.05) is 42.2 Å². The van der Waals surface area contributed by atoms with E-state index in [9.17, 15) is 9.59 Å². The molecule has 3 rings (SSSR count). The Hall–Kier alpha value is -1.60. The van der Waals surface area contributed by atoms with Gasteiger partial charge in [-0.25, -0.2) is 0 Å². The molecule has 0 saturated carbocycles. The molecule has 2 heterocycles. The molecule has 2 aliphatic heterocycles. The Bertz CT molecular complexity index is 730. The number of amidine groups is 1. The van der Waals surface area contributed by atoms with Crippen molar-refractivity contribution < 1.29 is 14.3 Å². The van der Waals surface area contributed by atoms with E-state index in [2.05, 4.69) is 20.9 Å². The summed E-state index contributed by atoms with van der Waals surface area (Å²) in [5.74, 6) is -0.527. The molecule has 0 N–H and O–H groups in total. The Kier molecular flexibility index (Phi) is 5.96. The maximum atomic E-state index is 12.2. The minimum atomic E-state index is -0.221. The first-order chi connectivity index (χ1) is 12.1. The fraction of sp³-hybridized carbons (Fsp3) is 0.389. The van der Waals surface area contributed by atoms with Crippen molar-refractivity contribution >= 4 is 50.8 Å². The molecule has 1 amide bonds. The van der Waals surface area contributed by atoms with Crippen LogP contribution in [0.2, 0.25) is 0 Å². The highest BCUT2D eigenvalue weighted by molar-refractivity contribution is 9.10. The molecule has 1 fully saturated rings. The number of piperidine rings is 1. The molecular weight excluding hydrogens is 404 g/mol. The maximum absolute atomic E-state index is 12.2. The van der Waals surface area contributed by atoms with Gasteiger partial charge in [-0.1, -0.05) is 28.1 Å². The monoisotopic (exact) mass is 422 g/mol. The van der Waals surface area contributed by atoms with Gasteiger partial charge in [0.1, 0.15) is 0 Å². The summed E-state index contributed by atoms with van der Waals surface area (Å²) >= 11 is 4.78. The molecule has 132 valence electrons. The quantitative estimate of drug-likeness (QED) is 0.548. The number of carbonyl (C=O) groups excluding carboxylic acids is 2. The Balaban J connectivity index is 1.68. The number of halogens is 1. The molecule has 5 nitrogen and oxygen atoms in total. The van der Waals surface area contributed by atoms with E-state index in [0.717, 1.165) is 29.4 Å². The van der Waals surface area contributed by atoms with Crippen molar-refractivity contribution in [3.8, 4) is 0 Å². The lowest BCUT2D eigenvalue weighted by Gasteiger charge is -2.32. The van der Waals surface area contributed by atoms with Crippen LogP contribution < -0.4 is 0 Å². The molecule has 1 saturated heterocycles. The number of hydrogen-bond donors (Lipinski definition) is 0. The SMILES string of the molecule is CCOC(=O)C1CCCN(C2=NC(=O)/C(=C/c3ccc(Br)cc3)S2)C1. The van der Waals surface area contributed by atoms with Crippen LogP contribution in [0.1, 0.15) is 25.3 Å². The van der Waals surface area contributed by atoms with Crippen molar-refractivity contribution in [3.63, 3.8) is 0 Å². The number of hydrogen-bond acceptors (Lipinski definition) is 5. The fourth-order valence-corrected chi connectivity index (χ4v) is 4.06. The van der Waals surface area contributed by atoms with Crippen LogP contribution in [0.4, 0.5) is 0 Å². The number of likely N-dealkylation sites (tertiary alicyclic amines) is 1. The number of rotatable bonds is 3. The molecule has 7 heteroatoms. The molecule has 0 spiro atoms. The van der Waals surface area contributed by atoms with Crippen molar-refractivity contribution in [1.82, 2.24) is 4.90 Å². The Morgan fingerprint density at radius 2 is 2.20 bits per heavy atom. The van der Waals surface area contributed by atoms with Gasteiger partial charge in [0.15, 0.2) is 5.17 Å². The standard InChI is InChI=1S/C18H19BrN2O3S/c1-2-24-17(23)13-4-3-9-21(11-13)18-20-16(22)15(25-18)10-12-5-7-14(19)8-6-12/h5-8,10,13H,2-4,9,11H2,1H3/b15-10-. The summed E-state index contributed by atoms with van der Waals surface area (Å²) in [5.41, 5.74) is 0.957. The highest BCUT2D eigenvalue weighted by Gasteiger charge is 2.32. The highest BCUT2D eigenvalue weighted by atomic mass is 79.9. The van der Waals surface area contributed by atoms with Crippen LogP contribution in [0.15, 0.2) is 38.6 Å². The van der Waals surface area contributed by atoms with Crippen LogP contribution in [-0.2, 0) is 14.3 Å². The molecule has 2 aliphatic rings. The van der Waals surface area contributed by atoms with Gasteiger partial charge in [0.25, 0.3) is 5.91 Å². The summed E-state index contributed by atoms with van der Waals surface area (Å²) in [6.45, 7) is 3.57. The summed E-state index contributed by atoms with van der Waals surface area (Å²) in [7, 11) is 0. The molecule has 0 bridgehead atoms. The highest BCUT2D eigenvalue weighted by Crippen LogP contribution is 2.32. The summed E-state index contributed by atoms with van der Waals surface area (Å²) in [4.78, 5) is 31.0. The van der Waals surface area contributed by atoms with E-state index in [-0.39, 0.29) is 17.8 Å². The molecule has 1 aromatic rings. The van der Waals surface area contributed by atoms with Crippen LogP contribution in [0.25, 0.3) is 6.08 Å².